The molecule has 0 bridgehead atoms. The third-order valence-electron chi connectivity index (χ3n) is 11.7. The molecule has 2 nitrogen and oxygen atoms in total. The minimum absolute atomic E-state index is 0.0184. The molecule has 2 aliphatic rings. The van der Waals surface area contributed by atoms with Crippen LogP contribution in [0.25, 0.3) is 44.5 Å². The molecule has 9 aromatic rings. The highest BCUT2D eigenvalue weighted by atomic mass is 79.9. The maximum Gasteiger partial charge on any atom is 0.252 e. The molecule has 58 heavy (non-hydrogen) atoms. The number of fused-ring (bicyclic) bond motifs is 4. The Labute approximate surface area is 348 Å². The Morgan fingerprint density at radius 3 is 0.966 bits per heavy atom. The average molecular weight is 804 g/mol. The van der Waals surface area contributed by atoms with Crippen LogP contribution in [0.5, 0.6) is 0 Å². The van der Waals surface area contributed by atoms with Crippen LogP contribution in [-0.2, 0) is 0 Å². The maximum absolute atomic E-state index is 4.02. The molecule has 2 heterocycles. The molecule has 0 aliphatic carbocycles. The van der Waals surface area contributed by atoms with Gasteiger partial charge in [-0.1, -0.05) is 186 Å². The number of benzene rings is 9. The molecule has 272 valence electrons. The number of nitrogens with zero attached hydrogens (tertiary/aromatic N) is 2. The number of hydrogen-bond donors (Lipinski definition) is 0. The van der Waals surface area contributed by atoms with E-state index in [4.69, 9.17) is 0 Å². The van der Waals surface area contributed by atoms with Gasteiger partial charge in [-0.2, -0.15) is 0 Å². The molecule has 0 atom stereocenters. The predicted molar refractivity (Wildman–Crippen MR) is 250 cm³/mol. The number of halogens is 1. The van der Waals surface area contributed by atoms with Crippen molar-refractivity contribution in [1.82, 2.24) is 0 Å². The molecule has 0 unspecified atom stereocenters. The molecule has 9 aromatic carbocycles. The van der Waals surface area contributed by atoms with Gasteiger partial charge in [-0.05, 0) is 109 Å². The molecular formula is C54H36BBrN2. The third-order valence-corrected chi connectivity index (χ3v) is 12.2. The Balaban J connectivity index is 1.17. The predicted octanol–water partition coefficient (Wildman–Crippen LogP) is 13.2. The lowest BCUT2D eigenvalue weighted by molar-refractivity contribution is 1.25. The first-order valence-electron chi connectivity index (χ1n) is 19.8. The van der Waals surface area contributed by atoms with Gasteiger partial charge in [-0.15, -0.1) is 0 Å². The van der Waals surface area contributed by atoms with Crippen LogP contribution in [0.3, 0.4) is 0 Å². The van der Waals surface area contributed by atoms with Crippen molar-refractivity contribution >= 4 is 73.2 Å². The first kappa shape index (κ1) is 34.4. The van der Waals surface area contributed by atoms with E-state index in [1.54, 1.807) is 0 Å². The highest BCUT2D eigenvalue weighted by Gasteiger charge is 2.43. The van der Waals surface area contributed by atoms with Gasteiger partial charge in [0, 0.05) is 38.6 Å². The standard InChI is InChI=1S/C54H36BBrN2/c56-45-35-52-54-53(36-45)58(47-29-23-42(24-30-47)38-15-7-2-8-16-38)51-32-26-44(40-19-11-4-12-20-40)34-49(51)55(54)48-33-43(39-17-9-3-10-18-39)25-31-50(48)57(52)46-27-21-41(22-28-46)37-13-5-1-6-14-37/h1-36H. The lowest BCUT2D eigenvalue weighted by atomic mass is 9.33. The molecule has 4 heteroatoms. The van der Waals surface area contributed by atoms with E-state index in [-0.39, 0.29) is 6.71 Å². The molecule has 2 aliphatic heterocycles. The fraction of sp³-hybridized carbons (Fsp3) is 0. The van der Waals surface area contributed by atoms with Gasteiger partial charge in [0.1, 0.15) is 0 Å². The van der Waals surface area contributed by atoms with Gasteiger partial charge >= 0.3 is 0 Å². The van der Waals surface area contributed by atoms with Crippen LogP contribution in [0.2, 0.25) is 0 Å². The Kier molecular flexibility index (Phi) is 8.45. The van der Waals surface area contributed by atoms with E-state index in [0.29, 0.717) is 0 Å². The third kappa shape index (κ3) is 5.88. The van der Waals surface area contributed by atoms with Crippen LogP contribution >= 0.6 is 15.9 Å². The number of hydrogen-bond acceptors (Lipinski definition) is 2. The Morgan fingerprint density at radius 1 is 0.293 bits per heavy atom. The van der Waals surface area contributed by atoms with Crippen molar-refractivity contribution in [3.8, 4) is 44.5 Å². The lowest BCUT2D eigenvalue weighted by Gasteiger charge is -2.44. The molecule has 0 saturated heterocycles. The average Bonchev–Trinajstić information content (AvgIpc) is 3.30. The summed E-state index contributed by atoms with van der Waals surface area (Å²) in [4.78, 5) is 4.95. The van der Waals surface area contributed by atoms with Crippen LogP contribution in [0.1, 0.15) is 0 Å². The molecular weight excluding hydrogens is 767 g/mol. The van der Waals surface area contributed by atoms with Gasteiger partial charge in [0.2, 0.25) is 0 Å². The molecule has 0 saturated carbocycles. The van der Waals surface area contributed by atoms with Crippen molar-refractivity contribution in [2.75, 3.05) is 9.80 Å². The van der Waals surface area contributed by atoms with Crippen molar-refractivity contribution in [2.45, 2.75) is 0 Å². The summed E-state index contributed by atoms with van der Waals surface area (Å²) < 4.78 is 1.03. The van der Waals surface area contributed by atoms with Crippen molar-refractivity contribution in [3.63, 3.8) is 0 Å². The van der Waals surface area contributed by atoms with Gasteiger partial charge in [-0.25, -0.2) is 0 Å². The smallest absolute Gasteiger partial charge is 0.252 e. The van der Waals surface area contributed by atoms with E-state index in [2.05, 4.69) is 244 Å². The number of rotatable bonds is 6. The molecule has 0 aromatic heterocycles. The highest BCUT2D eigenvalue weighted by Crippen LogP contribution is 2.46. The summed E-state index contributed by atoms with van der Waals surface area (Å²) in [6.45, 7) is -0.0184. The van der Waals surface area contributed by atoms with Crippen LogP contribution in [-0.4, -0.2) is 6.71 Å². The van der Waals surface area contributed by atoms with Crippen molar-refractivity contribution in [2.24, 2.45) is 0 Å². The molecule has 0 fully saturated rings. The lowest BCUT2D eigenvalue weighted by Crippen LogP contribution is -2.61. The summed E-state index contributed by atoms with van der Waals surface area (Å²) >= 11 is 4.02. The Hall–Kier alpha value is -6.88. The van der Waals surface area contributed by atoms with Gasteiger partial charge < -0.3 is 9.80 Å². The van der Waals surface area contributed by atoms with Crippen molar-refractivity contribution in [3.05, 3.63) is 223 Å². The van der Waals surface area contributed by atoms with E-state index in [1.807, 2.05) is 0 Å². The minimum atomic E-state index is -0.0184. The highest BCUT2D eigenvalue weighted by molar-refractivity contribution is 9.10. The van der Waals surface area contributed by atoms with Gasteiger partial charge in [-0.3, -0.25) is 0 Å². The topological polar surface area (TPSA) is 6.48 Å². The normalized spacial score (nSPS) is 12.5. The van der Waals surface area contributed by atoms with E-state index >= 15 is 0 Å². The van der Waals surface area contributed by atoms with Gasteiger partial charge in [0.15, 0.2) is 0 Å². The van der Waals surface area contributed by atoms with Crippen molar-refractivity contribution in [1.29, 1.82) is 0 Å². The second kappa shape index (κ2) is 14.3. The first-order valence-corrected chi connectivity index (χ1v) is 20.6. The summed E-state index contributed by atoms with van der Waals surface area (Å²) in [7, 11) is 0. The van der Waals surface area contributed by atoms with Crippen LogP contribution in [0.4, 0.5) is 34.1 Å². The number of anilines is 6. The van der Waals surface area contributed by atoms with E-state index in [1.165, 1.54) is 83.6 Å². The van der Waals surface area contributed by atoms with Crippen molar-refractivity contribution < 1.29 is 0 Å². The summed E-state index contributed by atoms with van der Waals surface area (Å²) in [5.74, 6) is 0. The maximum atomic E-state index is 4.02. The molecule has 0 N–H and O–H groups in total. The summed E-state index contributed by atoms with van der Waals surface area (Å²) in [5, 5.41) is 0. The van der Waals surface area contributed by atoms with Crippen LogP contribution in [0.15, 0.2) is 223 Å². The fourth-order valence-electron chi connectivity index (χ4n) is 9.02. The molecule has 0 radical (unpaired) electrons. The van der Waals surface area contributed by atoms with Crippen LogP contribution in [0, 0.1) is 0 Å². The Bertz CT molecular complexity index is 2740. The second-order valence-electron chi connectivity index (χ2n) is 15.1. The zero-order valence-electron chi connectivity index (χ0n) is 31.6. The van der Waals surface area contributed by atoms with Gasteiger partial charge in [0.05, 0.1) is 0 Å². The van der Waals surface area contributed by atoms with Crippen LogP contribution < -0.4 is 26.2 Å². The molecule has 0 amide bonds. The quantitative estimate of drug-likeness (QED) is 0.155. The minimum Gasteiger partial charge on any atom is -0.311 e. The summed E-state index contributed by atoms with van der Waals surface area (Å²) in [5.41, 5.74) is 20.5. The SMILES string of the molecule is Brc1cc2c3c(c1)N(c1ccc(-c4ccccc4)cc1)c1ccc(-c4ccccc4)cc1B3c1cc(-c3ccccc3)ccc1N2c1ccc(-c2ccccc2)cc1. The van der Waals surface area contributed by atoms with E-state index in [0.717, 1.165) is 15.8 Å². The Morgan fingerprint density at radius 2 is 0.603 bits per heavy atom. The molecule has 0 spiro atoms. The zero-order chi connectivity index (χ0) is 38.6. The van der Waals surface area contributed by atoms with Gasteiger partial charge in [0.25, 0.3) is 6.71 Å². The fourth-order valence-corrected chi connectivity index (χ4v) is 9.45. The summed E-state index contributed by atoms with van der Waals surface area (Å²) in [6, 6.07) is 79.6. The first-order chi connectivity index (χ1) is 28.7. The summed E-state index contributed by atoms with van der Waals surface area (Å²) in [6.07, 6.45) is 0. The largest absolute Gasteiger partial charge is 0.311 e. The van der Waals surface area contributed by atoms with E-state index in [9.17, 15) is 0 Å². The monoisotopic (exact) mass is 802 g/mol. The molecule has 11 rings (SSSR count). The second-order valence-corrected chi connectivity index (χ2v) is 16.0. The van der Waals surface area contributed by atoms with E-state index < -0.39 is 0 Å². The zero-order valence-corrected chi connectivity index (χ0v) is 33.2.